The van der Waals surface area contributed by atoms with E-state index < -0.39 is 0 Å². The molecule has 1 aromatic carbocycles. The number of aryl methyl sites for hydroxylation is 1. The van der Waals surface area contributed by atoms with E-state index in [2.05, 4.69) is 18.2 Å². The van der Waals surface area contributed by atoms with E-state index in [4.69, 9.17) is 16.9 Å². The van der Waals surface area contributed by atoms with Crippen molar-refractivity contribution in [2.24, 2.45) is 0 Å². The van der Waals surface area contributed by atoms with Gasteiger partial charge in [-0.15, -0.1) is 22.9 Å². The number of benzene rings is 1. The minimum absolute atomic E-state index is 0.529. The summed E-state index contributed by atoms with van der Waals surface area (Å²) in [5.41, 5.74) is 2.33. The van der Waals surface area contributed by atoms with Crippen molar-refractivity contribution < 1.29 is 0 Å². The second kappa shape index (κ2) is 3.61. The Hall–Kier alpha value is -1.04. The first-order valence-corrected chi connectivity index (χ1v) is 5.59. The number of hydrogen-bond acceptors (Lipinski definition) is 2. The molecule has 0 aliphatic heterocycles. The van der Waals surface area contributed by atoms with Crippen molar-refractivity contribution in [1.29, 1.82) is 5.26 Å². The van der Waals surface area contributed by atoms with Gasteiger partial charge in [-0.05, 0) is 35.6 Å². The lowest BCUT2D eigenvalue weighted by Crippen LogP contribution is -1.82. The van der Waals surface area contributed by atoms with Gasteiger partial charge in [-0.1, -0.05) is 6.07 Å². The van der Waals surface area contributed by atoms with Crippen LogP contribution in [0, 0.1) is 18.3 Å². The monoisotopic (exact) mass is 221 g/mol. The largest absolute Gasteiger partial charge is 0.192 e. The average Bonchev–Trinajstić information content (AvgIpc) is 2.58. The van der Waals surface area contributed by atoms with Gasteiger partial charge in [0.05, 0.1) is 0 Å². The smallest absolute Gasteiger partial charge is 0.110 e. The van der Waals surface area contributed by atoms with Crippen LogP contribution < -0.4 is 0 Å². The highest BCUT2D eigenvalue weighted by Gasteiger charge is 2.04. The van der Waals surface area contributed by atoms with Gasteiger partial charge in [-0.25, -0.2) is 0 Å². The number of hydrogen-bond donors (Lipinski definition) is 0. The van der Waals surface area contributed by atoms with Crippen LogP contribution in [-0.2, 0) is 5.88 Å². The first-order valence-electron chi connectivity index (χ1n) is 4.23. The Balaban J connectivity index is 2.71. The summed E-state index contributed by atoms with van der Waals surface area (Å²) in [4.78, 5) is 0.756. The summed E-state index contributed by atoms with van der Waals surface area (Å²) in [7, 11) is 0. The van der Waals surface area contributed by atoms with Gasteiger partial charge in [-0.3, -0.25) is 0 Å². The molecule has 1 aromatic heterocycles. The van der Waals surface area contributed by atoms with E-state index in [9.17, 15) is 0 Å². The third-order valence-electron chi connectivity index (χ3n) is 2.23. The maximum absolute atomic E-state index is 8.77. The first kappa shape index (κ1) is 9.51. The third-order valence-corrected chi connectivity index (χ3v) is 3.52. The van der Waals surface area contributed by atoms with Gasteiger partial charge in [0.15, 0.2) is 0 Å². The summed E-state index contributed by atoms with van der Waals surface area (Å²) in [5.74, 6) is 0.529. The van der Waals surface area contributed by atoms with Crippen LogP contribution in [0.25, 0.3) is 10.1 Å². The summed E-state index contributed by atoms with van der Waals surface area (Å²) in [6, 6.07) is 8.24. The molecule has 0 fully saturated rings. The molecule has 70 valence electrons. The Kier molecular flexibility index (Phi) is 2.45. The molecular formula is C11H8ClNS. The summed E-state index contributed by atoms with van der Waals surface area (Å²) in [6.07, 6.45) is 0. The molecule has 1 heterocycles. The zero-order valence-corrected chi connectivity index (χ0v) is 9.25. The predicted octanol–water partition coefficient (Wildman–Crippen LogP) is 3.82. The minimum Gasteiger partial charge on any atom is -0.192 e. The predicted molar refractivity (Wildman–Crippen MR) is 60.8 cm³/mol. The van der Waals surface area contributed by atoms with Gasteiger partial charge in [0.25, 0.3) is 0 Å². The Morgan fingerprint density at radius 2 is 2.21 bits per heavy atom. The van der Waals surface area contributed by atoms with E-state index in [0.29, 0.717) is 5.88 Å². The lowest BCUT2D eigenvalue weighted by molar-refractivity contribution is 1.32. The van der Waals surface area contributed by atoms with Crippen molar-refractivity contribution in [3.8, 4) is 6.07 Å². The van der Waals surface area contributed by atoms with Crippen LogP contribution in [0.5, 0.6) is 0 Å². The molecule has 14 heavy (non-hydrogen) atoms. The van der Waals surface area contributed by atoms with Crippen LogP contribution in [0.15, 0.2) is 18.2 Å². The minimum atomic E-state index is 0.529. The number of nitriles is 1. The number of halogens is 1. The van der Waals surface area contributed by atoms with Crippen LogP contribution in [-0.4, -0.2) is 0 Å². The summed E-state index contributed by atoms with van der Waals surface area (Å²) in [6.45, 7) is 2.04. The molecule has 0 atom stereocenters. The van der Waals surface area contributed by atoms with Crippen molar-refractivity contribution in [2.45, 2.75) is 12.8 Å². The van der Waals surface area contributed by atoms with Crippen LogP contribution in [0.4, 0.5) is 0 Å². The molecule has 0 bridgehead atoms. The molecule has 2 rings (SSSR count). The molecule has 0 aliphatic carbocycles. The van der Waals surface area contributed by atoms with Crippen molar-refractivity contribution in [1.82, 2.24) is 0 Å². The number of rotatable bonds is 1. The summed E-state index contributed by atoms with van der Waals surface area (Å²) < 4.78 is 1.14. The average molecular weight is 222 g/mol. The first-order chi connectivity index (χ1) is 6.74. The summed E-state index contributed by atoms with van der Waals surface area (Å²) >= 11 is 7.33. The van der Waals surface area contributed by atoms with Crippen molar-refractivity contribution in [2.75, 3.05) is 0 Å². The molecule has 0 saturated heterocycles. The van der Waals surface area contributed by atoms with Gasteiger partial charge in [-0.2, -0.15) is 5.26 Å². The van der Waals surface area contributed by atoms with Gasteiger partial charge < -0.3 is 0 Å². The maximum Gasteiger partial charge on any atom is 0.110 e. The standard InChI is InChI=1S/C11H8ClNS/c1-7-2-8-3-10(6-13)14-11(8)4-9(7)5-12/h2-4H,5H2,1H3. The molecule has 2 aromatic rings. The highest BCUT2D eigenvalue weighted by atomic mass is 35.5. The Bertz CT molecular complexity index is 522. The fraction of sp³-hybridized carbons (Fsp3) is 0.182. The maximum atomic E-state index is 8.77. The number of thiophene rings is 1. The Labute approximate surface area is 91.5 Å². The zero-order chi connectivity index (χ0) is 10.1. The number of fused-ring (bicyclic) bond motifs is 1. The van der Waals surface area contributed by atoms with E-state index in [1.54, 1.807) is 0 Å². The van der Waals surface area contributed by atoms with Crippen molar-refractivity contribution >= 4 is 33.0 Å². The van der Waals surface area contributed by atoms with E-state index in [1.165, 1.54) is 16.9 Å². The van der Waals surface area contributed by atoms with E-state index in [1.807, 2.05) is 13.0 Å². The molecule has 0 radical (unpaired) electrons. The highest BCUT2D eigenvalue weighted by molar-refractivity contribution is 7.19. The summed E-state index contributed by atoms with van der Waals surface area (Å²) in [5, 5.41) is 9.91. The van der Waals surface area contributed by atoms with E-state index in [0.717, 1.165) is 20.5 Å². The number of alkyl halides is 1. The normalized spacial score (nSPS) is 10.4. The molecule has 0 unspecified atom stereocenters. The van der Waals surface area contributed by atoms with Crippen molar-refractivity contribution in [3.05, 3.63) is 34.2 Å². The second-order valence-corrected chi connectivity index (χ2v) is 4.52. The molecule has 0 amide bonds. The fourth-order valence-corrected chi connectivity index (χ4v) is 2.64. The zero-order valence-electron chi connectivity index (χ0n) is 7.67. The molecule has 0 saturated carbocycles. The van der Waals surface area contributed by atoms with Crippen LogP contribution in [0.3, 0.4) is 0 Å². The van der Waals surface area contributed by atoms with E-state index >= 15 is 0 Å². The fourth-order valence-electron chi connectivity index (χ4n) is 1.44. The Morgan fingerprint density at radius 3 is 2.86 bits per heavy atom. The Morgan fingerprint density at radius 1 is 1.43 bits per heavy atom. The lowest BCUT2D eigenvalue weighted by Gasteiger charge is -2.00. The third kappa shape index (κ3) is 1.50. The molecule has 0 N–H and O–H groups in total. The topological polar surface area (TPSA) is 23.8 Å². The second-order valence-electron chi connectivity index (χ2n) is 3.17. The van der Waals surface area contributed by atoms with Gasteiger partial charge in [0.1, 0.15) is 10.9 Å². The van der Waals surface area contributed by atoms with Crippen molar-refractivity contribution in [3.63, 3.8) is 0 Å². The van der Waals surface area contributed by atoms with Crippen LogP contribution >= 0.6 is 22.9 Å². The van der Waals surface area contributed by atoms with Gasteiger partial charge in [0, 0.05) is 10.6 Å². The van der Waals surface area contributed by atoms with Crippen LogP contribution in [0.2, 0.25) is 0 Å². The number of nitrogens with zero attached hydrogens (tertiary/aromatic N) is 1. The van der Waals surface area contributed by atoms with Gasteiger partial charge >= 0.3 is 0 Å². The lowest BCUT2D eigenvalue weighted by atomic mass is 10.1. The molecule has 0 aliphatic rings. The molecular weight excluding hydrogens is 214 g/mol. The van der Waals surface area contributed by atoms with E-state index in [-0.39, 0.29) is 0 Å². The molecule has 0 spiro atoms. The molecule has 3 heteroatoms. The molecule has 1 nitrogen and oxygen atoms in total. The SMILES string of the molecule is Cc1cc2cc(C#N)sc2cc1CCl. The highest BCUT2D eigenvalue weighted by Crippen LogP contribution is 2.28. The quantitative estimate of drug-likeness (QED) is 0.672. The van der Waals surface area contributed by atoms with Crippen LogP contribution in [0.1, 0.15) is 16.0 Å². The van der Waals surface area contributed by atoms with Gasteiger partial charge in [0.2, 0.25) is 0 Å².